The number of nitrogens with zero attached hydrogens (tertiary/aromatic N) is 4. The number of likely N-dealkylation sites (N-methyl/N-ethyl adjacent to an activating group) is 1. The molecule has 0 N–H and O–H groups in total. The normalized spacial score (nSPS) is 19.4. The first-order chi connectivity index (χ1) is 14.4. The highest BCUT2D eigenvalue weighted by molar-refractivity contribution is 5.91. The van der Waals surface area contributed by atoms with Crippen molar-refractivity contribution in [3.05, 3.63) is 90.2 Å². The lowest BCUT2D eigenvalue weighted by Crippen LogP contribution is -2.47. The van der Waals surface area contributed by atoms with Crippen LogP contribution in [-0.4, -0.2) is 40.9 Å². The Labute approximate surface area is 177 Å². The van der Waals surface area contributed by atoms with E-state index in [1.165, 1.54) is 0 Å². The summed E-state index contributed by atoms with van der Waals surface area (Å²) in [5.74, 6) is 0.962. The summed E-state index contributed by atoms with van der Waals surface area (Å²) in [4.78, 5) is 13.4. The molecular formula is C25H27FN4. The first-order valence-electron chi connectivity index (χ1n) is 10.3. The van der Waals surface area contributed by atoms with Crippen LogP contribution in [0.1, 0.15) is 29.5 Å². The third-order valence-corrected chi connectivity index (χ3v) is 5.97. The number of guanidine groups is 1. The first-order valence-corrected chi connectivity index (χ1v) is 10.3. The van der Waals surface area contributed by atoms with Gasteiger partial charge < -0.3 is 9.80 Å². The molecule has 1 aromatic heterocycles. The summed E-state index contributed by atoms with van der Waals surface area (Å²) in [6.07, 6.45) is 7.61. The summed E-state index contributed by atoms with van der Waals surface area (Å²) >= 11 is 0. The van der Waals surface area contributed by atoms with Gasteiger partial charge in [-0.05, 0) is 60.7 Å². The van der Waals surface area contributed by atoms with Gasteiger partial charge in [0.1, 0.15) is 5.82 Å². The summed E-state index contributed by atoms with van der Waals surface area (Å²) in [5.41, 5.74) is 5.33. The average Bonchev–Trinajstić information content (AvgIpc) is 2.77. The van der Waals surface area contributed by atoms with Gasteiger partial charge in [-0.1, -0.05) is 25.3 Å². The molecule has 1 fully saturated rings. The molecule has 154 valence electrons. The minimum absolute atomic E-state index is 0.180. The van der Waals surface area contributed by atoms with Crippen molar-refractivity contribution in [3.8, 4) is 0 Å². The van der Waals surface area contributed by atoms with E-state index in [1.807, 2.05) is 42.3 Å². The highest BCUT2D eigenvalue weighted by Gasteiger charge is 2.29. The van der Waals surface area contributed by atoms with E-state index in [-0.39, 0.29) is 11.7 Å². The van der Waals surface area contributed by atoms with E-state index in [4.69, 9.17) is 4.99 Å². The SMILES string of the molecule is C=C(c1ccc(C)c(F)c1)C1CCCN(C2=NC(c3ccncc3)=CC(=C)N2C)C1. The van der Waals surface area contributed by atoms with Gasteiger partial charge in [-0.25, -0.2) is 9.38 Å². The highest BCUT2D eigenvalue weighted by atomic mass is 19.1. The number of halogens is 1. The fourth-order valence-electron chi connectivity index (χ4n) is 4.02. The number of likely N-dealkylation sites (tertiary alicyclic amines) is 1. The van der Waals surface area contributed by atoms with E-state index < -0.39 is 0 Å². The molecule has 3 heterocycles. The van der Waals surface area contributed by atoms with Crippen LogP contribution < -0.4 is 0 Å². The monoisotopic (exact) mass is 402 g/mol. The Kier molecular flexibility index (Phi) is 5.53. The quantitative estimate of drug-likeness (QED) is 0.715. The van der Waals surface area contributed by atoms with Gasteiger partial charge >= 0.3 is 0 Å². The van der Waals surface area contributed by atoms with E-state index >= 15 is 0 Å². The Morgan fingerprint density at radius 1 is 1.20 bits per heavy atom. The standard InChI is InChI=1S/C25H27FN4/c1-17-7-8-21(15-23(17)26)19(3)22-6-5-13-30(16-22)25-28-24(14-18(2)29(25)4)20-9-11-27-12-10-20/h7-12,14-15,22H,2-3,5-6,13,16H2,1,4H3. The molecule has 0 aliphatic carbocycles. The molecule has 30 heavy (non-hydrogen) atoms. The second-order valence-corrected chi connectivity index (χ2v) is 8.00. The minimum atomic E-state index is -0.180. The lowest BCUT2D eigenvalue weighted by Gasteiger charge is -2.40. The maximum atomic E-state index is 14.1. The van der Waals surface area contributed by atoms with Crippen LogP contribution in [0.25, 0.3) is 11.3 Å². The number of hydrogen-bond acceptors (Lipinski definition) is 4. The average molecular weight is 403 g/mol. The van der Waals surface area contributed by atoms with E-state index in [0.717, 1.165) is 60.0 Å². The minimum Gasteiger partial charge on any atom is -0.342 e. The molecule has 1 saturated heterocycles. The molecule has 4 rings (SSSR count). The Morgan fingerprint density at radius 3 is 2.70 bits per heavy atom. The number of rotatable bonds is 3. The number of allylic oxidation sites excluding steroid dienone is 1. The molecule has 0 bridgehead atoms. The summed E-state index contributed by atoms with van der Waals surface area (Å²) in [6.45, 7) is 12.0. The van der Waals surface area contributed by atoms with Crippen LogP contribution in [0.15, 0.2) is 72.6 Å². The third-order valence-electron chi connectivity index (χ3n) is 5.97. The van der Waals surface area contributed by atoms with Gasteiger partial charge in [-0.15, -0.1) is 0 Å². The molecule has 2 aliphatic heterocycles. The Balaban J connectivity index is 1.58. The van der Waals surface area contributed by atoms with E-state index in [9.17, 15) is 4.39 Å². The zero-order chi connectivity index (χ0) is 21.3. The molecule has 1 aromatic carbocycles. The molecule has 5 heteroatoms. The van der Waals surface area contributed by atoms with Crippen LogP contribution in [0.5, 0.6) is 0 Å². The molecule has 0 radical (unpaired) electrons. The molecule has 0 saturated carbocycles. The molecule has 2 aliphatic rings. The van der Waals surface area contributed by atoms with Gasteiger partial charge in [0, 0.05) is 49.7 Å². The van der Waals surface area contributed by atoms with Crippen LogP contribution in [0.4, 0.5) is 4.39 Å². The van der Waals surface area contributed by atoms with E-state index in [1.54, 1.807) is 25.4 Å². The summed E-state index contributed by atoms with van der Waals surface area (Å²) < 4.78 is 14.1. The molecular weight excluding hydrogens is 375 g/mol. The Hall–Kier alpha value is -3.21. The number of pyridine rings is 1. The Bertz CT molecular complexity index is 1040. The second kappa shape index (κ2) is 8.27. The predicted octanol–water partition coefficient (Wildman–Crippen LogP) is 5.11. The maximum absolute atomic E-state index is 14.1. The van der Waals surface area contributed by atoms with Gasteiger partial charge in [-0.3, -0.25) is 4.98 Å². The van der Waals surface area contributed by atoms with Crippen molar-refractivity contribution in [2.24, 2.45) is 10.9 Å². The summed E-state index contributed by atoms with van der Waals surface area (Å²) in [7, 11) is 1.99. The van der Waals surface area contributed by atoms with Crippen LogP contribution in [0, 0.1) is 18.7 Å². The molecule has 0 spiro atoms. The van der Waals surface area contributed by atoms with Crippen molar-refractivity contribution < 1.29 is 4.39 Å². The molecule has 0 amide bonds. The van der Waals surface area contributed by atoms with E-state index in [2.05, 4.69) is 23.0 Å². The number of hydrogen-bond donors (Lipinski definition) is 0. The predicted molar refractivity (Wildman–Crippen MR) is 121 cm³/mol. The largest absolute Gasteiger partial charge is 0.342 e. The fraction of sp³-hybridized carbons (Fsp3) is 0.280. The van der Waals surface area contributed by atoms with Crippen LogP contribution in [-0.2, 0) is 0 Å². The number of piperidine rings is 1. The van der Waals surface area contributed by atoms with Gasteiger partial charge in [0.25, 0.3) is 0 Å². The van der Waals surface area contributed by atoms with Gasteiger partial charge in [0.2, 0.25) is 5.96 Å². The smallest absolute Gasteiger partial charge is 0.206 e. The number of benzene rings is 1. The van der Waals surface area contributed by atoms with Crippen molar-refractivity contribution in [3.63, 3.8) is 0 Å². The Morgan fingerprint density at radius 2 is 1.97 bits per heavy atom. The van der Waals surface area contributed by atoms with Crippen molar-refractivity contribution >= 4 is 17.2 Å². The first kappa shape index (κ1) is 20.1. The van der Waals surface area contributed by atoms with Crippen LogP contribution in [0.2, 0.25) is 0 Å². The van der Waals surface area contributed by atoms with Crippen molar-refractivity contribution in [2.45, 2.75) is 19.8 Å². The lowest BCUT2D eigenvalue weighted by atomic mass is 9.87. The van der Waals surface area contributed by atoms with Gasteiger partial charge in [0.05, 0.1) is 5.70 Å². The molecule has 1 unspecified atom stereocenters. The zero-order valence-electron chi connectivity index (χ0n) is 17.6. The zero-order valence-corrected chi connectivity index (χ0v) is 17.6. The van der Waals surface area contributed by atoms with Crippen LogP contribution in [0.3, 0.4) is 0 Å². The molecule has 4 nitrogen and oxygen atoms in total. The number of aromatic nitrogens is 1. The van der Waals surface area contributed by atoms with E-state index in [0.29, 0.717) is 5.56 Å². The highest BCUT2D eigenvalue weighted by Crippen LogP contribution is 2.32. The van der Waals surface area contributed by atoms with Gasteiger partial charge in [0.15, 0.2) is 0 Å². The number of aryl methyl sites for hydroxylation is 1. The van der Waals surface area contributed by atoms with Crippen LogP contribution >= 0.6 is 0 Å². The lowest BCUT2D eigenvalue weighted by molar-refractivity contribution is 0.275. The topological polar surface area (TPSA) is 31.7 Å². The summed E-state index contributed by atoms with van der Waals surface area (Å²) in [5, 5.41) is 0. The molecule has 2 aromatic rings. The maximum Gasteiger partial charge on any atom is 0.206 e. The number of aliphatic imine (C=N–C) groups is 1. The fourth-order valence-corrected chi connectivity index (χ4v) is 4.02. The van der Waals surface area contributed by atoms with Crippen molar-refractivity contribution in [1.29, 1.82) is 0 Å². The van der Waals surface area contributed by atoms with Crippen molar-refractivity contribution in [2.75, 3.05) is 20.1 Å². The summed E-state index contributed by atoms with van der Waals surface area (Å²) in [6, 6.07) is 9.31. The molecule has 1 atom stereocenters. The van der Waals surface area contributed by atoms with Crippen molar-refractivity contribution in [1.82, 2.24) is 14.8 Å². The third kappa shape index (κ3) is 3.92. The van der Waals surface area contributed by atoms with Gasteiger partial charge in [-0.2, -0.15) is 0 Å². The second-order valence-electron chi connectivity index (χ2n) is 8.00.